The number of carbonyl (C=O) groups excluding carboxylic acids is 1. The number of nitrogens with zero attached hydrogens (tertiary/aromatic N) is 2. The lowest BCUT2D eigenvalue weighted by Crippen LogP contribution is -2.28. The lowest BCUT2D eigenvalue weighted by atomic mass is 10.1. The van der Waals surface area contributed by atoms with Crippen LogP contribution in [0.4, 0.5) is 5.69 Å². The number of thiazole rings is 1. The smallest absolute Gasteiger partial charge is 0.282 e. The Labute approximate surface area is 137 Å². The van der Waals surface area contributed by atoms with Crippen LogP contribution in [0.2, 0.25) is 0 Å². The van der Waals surface area contributed by atoms with Crippen LogP contribution >= 0.6 is 11.3 Å². The standard InChI is InChI=1S/C15H17N3O4S/c1-3-12(15-16-7-8-23-15)17-14(19)11-9-10(22-4-2)5-6-13(11)18(20)21/h5-9,12H,3-4H2,1-2H3,(H,17,19)/t12-/m1/s1. The van der Waals surface area contributed by atoms with E-state index in [1.807, 2.05) is 12.3 Å². The monoisotopic (exact) mass is 335 g/mol. The summed E-state index contributed by atoms with van der Waals surface area (Å²) in [7, 11) is 0. The number of ether oxygens (including phenoxy) is 1. The second-order valence-electron chi connectivity index (χ2n) is 4.67. The van der Waals surface area contributed by atoms with Gasteiger partial charge in [-0.05, 0) is 25.5 Å². The molecule has 1 heterocycles. The number of aromatic nitrogens is 1. The first-order chi connectivity index (χ1) is 11.1. The van der Waals surface area contributed by atoms with Crippen molar-refractivity contribution in [2.75, 3.05) is 6.61 Å². The predicted molar refractivity (Wildman–Crippen MR) is 86.9 cm³/mol. The zero-order valence-corrected chi connectivity index (χ0v) is 13.6. The van der Waals surface area contributed by atoms with Gasteiger partial charge in [-0.15, -0.1) is 11.3 Å². The first kappa shape index (κ1) is 16.9. The summed E-state index contributed by atoms with van der Waals surface area (Å²) < 4.78 is 5.32. The lowest BCUT2D eigenvalue weighted by Gasteiger charge is -2.15. The Morgan fingerprint density at radius 3 is 2.83 bits per heavy atom. The second-order valence-corrected chi connectivity index (χ2v) is 5.60. The molecule has 1 aromatic carbocycles. The van der Waals surface area contributed by atoms with Gasteiger partial charge in [0.15, 0.2) is 0 Å². The van der Waals surface area contributed by atoms with E-state index in [-0.39, 0.29) is 17.3 Å². The Morgan fingerprint density at radius 2 is 2.26 bits per heavy atom. The lowest BCUT2D eigenvalue weighted by molar-refractivity contribution is -0.385. The van der Waals surface area contributed by atoms with Crippen LogP contribution in [0.3, 0.4) is 0 Å². The van der Waals surface area contributed by atoms with Gasteiger partial charge >= 0.3 is 0 Å². The zero-order valence-electron chi connectivity index (χ0n) is 12.8. The Bertz CT molecular complexity index is 688. The Morgan fingerprint density at radius 1 is 1.48 bits per heavy atom. The molecule has 0 aliphatic carbocycles. The van der Waals surface area contributed by atoms with Crippen molar-refractivity contribution in [2.24, 2.45) is 0 Å². The number of amides is 1. The first-order valence-electron chi connectivity index (χ1n) is 7.18. The maximum absolute atomic E-state index is 12.5. The van der Waals surface area contributed by atoms with E-state index in [0.717, 1.165) is 5.01 Å². The number of carbonyl (C=O) groups is 1. The molecule has 122 valence electrons. The van der Waals surface area contributed by atoms with Crippen molar-refractivity contribution in [2.45, 2.75) is 26.3 Å². The van der Waals surface area contributed by atoms with Gasteiger partial charge in [0.05, 0.1) is 17.6 Å². The van der Waals surface area contributed by atoms with E-state index in [1.54, 1.807) is 13.1 Å². The summed E-state index contributed by atoms with van der Waals surface area (Å²) in [6.07, 6.45) is 2.30. The maximum Gasteiger partial charge on any atom is 0.282 e. The predicted octanol–water partition coefficient (Wildman–Crippen LogP) is 3.33. The quantitative estimate of drug-likeness (QED) is 0.618. The van der Waals surface area contributed by atoms with Crippen LogP contribution < -0.4 is 10.1 Å². The third kappa shape index (κ3) is 4.04. The van der Waals surface area contributed by atoms with Crippen molar-refractivity contribution >= 4 is 22.9 Å². The molecule has 8 heteroatoms. The first-order valence-corrected chi connectivity index (χ1v) is 8.06. The van der Waals surface area contributed by atoms with Gasteiger partial charge < -0.3 is 10.1 Å². The molecular weight excluding hydrogens is 318 g/mol. The molecule has 0 saturated heterocycles. The molecule has 2 aromatic rings. The Hall–Kier alpha value is -2.48. The van der Waals surface area contributed by atoms with E-state index in [2.05, 4.69) is 10.3 Å². The van der Waals surface area contributed by atoms with Gasteiger partial charge in [0.2, 0.25) is 0 Å². The van der Waals surface area contributed by atoms with E-state index in [4.69, 9.17) is 4.74 Å². The van der Waals surface area contributed by atoms with Crippen LogP contribution in [0.25, 0.3) is 0 Å². The number of benzene rings is 1. The number of nitro benzene ring substituents is 1. The van der Waals surface area contributed by atoms with Crippen molar-refractivity contribution < 1.29 is 14.5 Å². The fourth-order valence-corrected chi connectivity index (χ4v) is 2.87. The van der Waals surface area contributed by atoms with E-state index < -0.39 is 10.8 Å². The molecule has 1 N–H and O–H groups in total. The van der Waals surface area contributed by atoms with Gasteiger partial charge in [0.25, 0.3) is 11.6 Å². The molecule has 0 spiro atoms. The van der Waals surface area contributed by atoms with Crippen LogP contribution in [-0.4, -0.2) is 22.4 Å². The summed E-state index contributed by atoms with van der Waals surface area (Å²) in [6.45, 7) is 4.13. The Balaban J connectivity index is 2.29. The highest BCUT2D eigenvalue weighted by atomic mass is 32.1. The van der Waals surface area contributed by atoms with Crippen LogP contribution in [0.1, 0.15) is 41.7 Å². The molecule has 1 aromatic heterocycles. The van der Waals surface area contributed by atoms with E-state index in [1.165, 1.54) is 29.5 Å². The van der Waals surface area contributed by atoms with Gasteiger partial charge in [0.1, 0.15) is 16.3 Å². The summed E-state index contributed by atoms with van der Waals surface area (Å²) in [6, 6.07) is 3.88. The van der Waals surface area contributed by atoms with Crippen LogP contribution in [0.15, 0.2) is 29.8 Å². The molecule has 0 fully saturated rings. The SMILES string of the molecule is CCOc1ccc([N+](=O)[O-])c(C(=O)N[C@H](CC)c2nccs2)c1. The number of rotatable bonds is 7. The van der Waals surface area contributed by atoms with Crippen molar-refractivity contribution in [1.29, 1.82) is 0 Å². The number of hydrogen-bond donors (Lipinski definition) is 1. The highest BCUT2D eigenvalue weighted by Gasteiger charge is 2.24. The van der Waals surface area contributed by atoms with Crippen LogP contribution in [0.5, 0.6) is 5.75 Å². The highest BCUT2D eigenvalue weighted by Crippen LogP contribution is 2.26. The minimum absolute atomic E-state index is 0.0176. The molecule has 1 atom stereocenters. The van der Waals surface area contributed by atoms with Crippen LogP contribution in [0, 0.1) is 10.1 Å². The average molecular weight is 335 g/mol. The fraction of sp³-hybridized carbons (Fsp3) is 0.333. The molecule has 1 amide bonds. The molecule has 0 aliphatic rings. The van der Waals surface area contributed by atoms with Crippen molar-refractivity contribution in [3.8, 4) is 5.75 Å². The van der Waals surface area contributed by atoms with Gasteiger partial charge in [-0.1, -0.05) is 6.92 Å². The molecular formula is C15H17N3O4S. The molecule has 23 heavy (non-hydrogen) atoms. The summed E-state index contributed by atoms with van der Waals surface area (Å²) in [5.74, 6) is -0.0918. The summed E-state index contributed by atoms with van der Waals surface area (Å²) in [4.78, 5) is 27.3. The molecule has 2 rings (SSSR count). The van der Waals surface area contributed by atoms with Gasteiger partial charge in [-0.25, -0.2) is 4.98 Å². The number of nitrogens with one attached hydrogen (secondary N) is 1. The molecule has 0 saturated carbocycles. The third-order valence-corrected chi connectivity index (χ3v) is 4.07. The molecule has 0 unspecified atom stereocenters. The fourth-order valence-electron chi connectivity index (χ4n) is 2.09. The van der Waals surface area contributed by atoms with Crippen molar-refractivity contribution in [1.82, 2.24) is 10.3 Å². The molecule has 0 aliphatic heterocycles. The molecule has 0 radical (unpaired) electrons. The highest BCUT2D eigenvalue weighted by molar-refractivity contribution is 7.09. The summed E-state index contributed by atoms with van der Waals surface area (Å²) in [5, 5.41) is 16.5. The van der Waals surface area contributed by atoms with Crippen LogP contribution in [-0.2, 0) is 0 Å². The zero-order chi connectivity index (χ0) is 16.8. The maximum atomic E-state index is 12.5. The largest absolute Gasteiger partial charge is 0.494 e. The van der Waals surface area contributed by atoms with Gasteiger partial charge in [-0.3, -0.25) is 14.9 Å². The van der Waals surface area contributed by atoms with Crippen molar-refractivity contribution in [3.63, 3.8) is 0 Å². The van der Waals surface area contributed by atoms with Crippen molar-refractivity contribution in [3.05, 3.63) is 50.5 Å². The minimum Gasteiger partial charge on any atom is -0.494 e. The van der Waals surface area contributed by atoms with E-state index in [0.29, 0.717) is 18.8 Å². The minimum atomic E-state index is -0.574. The average Bonchev–Trinajstić information content (AvgIpc) is 3.06. The summed E-state index contributed by atoms with van der Waals surface area (Å²) >= 11 is 1.43. The number of nitro groups is 1. The van der Waals surface area contributed by atoms with E-state index in [9.17, 15) is 14.9 Å². The molecule has 0 bridgehead atoms. The second kappa shape index (κ2) is 7.68. The summed E-state index contributed by atoms with van der Waals surface area (Å²) in [5.41, 5.74) is -0.268. The van der Waals surface area contributed by atoms with Gasteiger partial charge in [-0.2, -0.15) is 0 Å². The Kier molecular flexibility index (Phi) is 5.64. The van der Waals surface area contributed by atoms with E-state index >= 15 is 0 Å². The normalized spacial score (nSPS) is 11.7. The third-order valence-electron chi connectivity index (χ3n) is 3.18. The van der Waals surface area contributed by atoms with Gasteiger partial charge in [0, 0.05) is 17.6 Å². The molecule has 7 nitrogen and oxygen atoms in total. The topological polar surface area (TPSA) is 94.4 Å². The number of hydrogen-bond acceptors (Lipinski definition) is 6.